The zero-order valence-corrected chi connectivity index (χ0v) is 7.61. The third-order valence-corrected chi connectivity index (χ3v) is 1.61. The summed E-state index contributed by atoms with van der Waals surface area (Å²) < 4.78 is 6.75. The van der Waals surface area contributed by atoms with Gasteiger partial charge >= 0.3 is 6.01 Å². The van der Waals surface area contributed by atoms with Gasteiger partial charge in [-0.15, -0.1) is 5.10 Å². The van der Waals surface area contributed by atoms with Gasteiger partial charge in [-0.2, -0.15) is 0 Å². The summed E-state index contributed by atoms with van der Waals surface area (Å²) in [6.07, 6.45) is 0.715. The maximum absolute atomic E-state index is 5.62. The van der Waals surface area contributed by atoms with Crippen LogP contribution in [0.15, 0.2) is 0 Å². The molecule has 0 saturated carbocycles. The first-order chi connectivity index (χ1) is 5.65. The fourth-order valence-electron chi connectivity index (χ4n) is 0.989. The predicted octanol–water partition coefficient (Wildman–Crippen LogP) is -0.287. The van der Waals surface area contributed by atoms with Crippen molar-refractivity contribution < 1.29 is 4.74 Å². The van der Waals surface area contributed by atoms with Crippen LogP contribution in [0.5, 0.6) is 6.01 Å². The molecule has 0 fully saturated rings. The minimum atomic E-state index is 0.0950. The second-order valence-corrected chi connectivity index (χ2v) is 2.84. The van der Waals surface area contributed by atoms with Gasteiger partial charge in [0.2, 0.25) is 0 Å². The zero-order chi connectivity index (χ0) is 9.14. The van der Waals surface area contributed by atoms with Gasteiger partial charge in [-0.05, 0) is 6.92 Å². The number of aromatic nitrogens is 3. The van der Waals surface area contributed by atoms with Crippen molar-refractivity contribution in [3.05, 3.63) is 5.82 Å². The number of nitrogens with two attached hydrogens (primary N) is 1. The van der Waals surface area contributed by atoms with Crippen LogP contribution in [0.2, 0.25) is 0 Å². The highest BCUT2D eigenvalue weighted by Crippen LogP contribution is 2.07. The Morgan fingerprint density at radius 1 is 1.58 bits per heavy atom. The summed E-state index contributed by atoms with van der Waals surface area (Å²) in [6.45, 7) is 1.93. The van der Waals surface area contributed by atoms with Gasteiger partial charge in [-0.25, -0.2) is 0 Å². The highest BCUT2D eigenvalue weighted by molar-refractivity contribution is 5.00. The number of ether oxygens (including phenoxy) is 1. The highest BCUT2D eigenvalue weighted by atomic mass is 16.5. The summed E-state index contributed by atoms with van der Waals surface area (Å²) in [6, 6.07) is 0.614. The van der Waals surface area contributed by atoms with E-state index in [9.17, 15) is 0 Å². The molecular weight excluding hydrogens is 156 g/mol. The fourth-order valence-corrected chi connectivity index (χ4v) is 0.989. The van der Waals surface area contributed by atoms with Gasteiger partial charge < -0.3 is 10.5 Å². The van der Waals surface area contributed by atoms with Crippen molar-refractivity contribution in [2.45, 2.75) is 19.4 Å². The Morgan fingerprint density at radius 3 is 2.67 bits per heavy atom. The number of rotatable bonds is 3. The molecule has 0 aromatic carbocycles. The molecule has 0 bridgehead atoms. The van der Waals surface area contributed by atoms with Crippen LogP contribution in [0.3, 0.4) is 0 Å². The Labute approximate surface area is 71.5 Å². The number of nitrogens with zero attached hydrogens (tertiary/aromatic N) is 3. The minimum Gasteiger partial charge on any atom is -0.467 e. The smallest absolute Gasteiger partial charge is 0.316 e. The van der Waals surface area contributed by atoms with E-state index in [2.05, 4.69) is 10.2 Å². The molecule has 1 rings (SSSR count). The van der Waals surface area contributed by atoms with Crippen LogP contribution in [0.25, 0.3) is 0 Å². The number of methoxy groups -OCH3 is 1. The van der Waals surface area contributed by atoms with E-state index < -0.39 is 0 Å². The van der Waals surface area contributed by atoms with Crippen LogP contribution >= 0.6 is 0 Å². The average molecular weight is 170 g/mol. The average Bonchev–Trinajstić information content (AvgIpc) is 2.32. The van der Waals surface area contributed by atoms with Crippen LogP contribution in [0.4, 0.5) is 0 Å². The second kappa shape index (κ2) is 3.53. The van der Waals surface area contributed by atoms with Gasteiger partial charge in [-0.1, -0.05) is 5.10 Å². The van der Waals surface area contributed by atoms with Crippen molar-refractivity contribution in [3.8, 4) is 6.01 Å². The second-order valence-electron chi connectivity index (χ2n) is 2.84. The summed E-state index contributed by atoms with van der Waals surface area (Å²) in [5, 5.41) is 7.76. The van der Waals surface area contributed by atoms with E-state index in [-0.39, 0.29) is 6.04 Å². The van der Waals surface area contributed by atoms with Crippen LogP contribution < -0.4 is 10.5 Å². The van der Waals surface area contributed by atoms with Crippen LogP contribution in [0.1, 0.15) is 12.7 Å². The molecule has 0 saturated heterocycles. The first-order valence-electron chi connectivity index (χ1n) is 3.83. The maximum Gasteiger partial charge on any atom is 0.316 e. The Hall–Kier alpha value is -1.10. The molecule has 68 valence electrons. The first-order valence-corrected chi connectivity index (χ1v) is 3.83. The normalized spacial score (nSPS) is 13.0. The van der Waals surface area contributed by atoms with E-state index in [1.54, 1.807) is 11.7 Å². The summed E-state index contributed by atoms with van der Waals surface area (Å²) in [5.74, 6) is 0.849. The molecule has 2 N–H and O–H groups in total. The van der Waals surface area contributed by atoms with Gasteiger partial charge in [0.05, 0.1) is 7.11 Å². The lowest BCUT2D eigenvalue weighted by molar-refractivity contribution is 0.363. The first kappa shape index (κ1) is 8.99. The molecule has 1 aromatic heterocycles. The standard InChI is InChI=1S/C7H14N4O/c1-5(8)4-6-9-10-7(12-3)11(6)2/h5H,4,8H2,1-3H3. The van der Waals surface area contributed by atoms with Crippen molar-refractivity contribution in [1.82, 2.24) is 14.8 Å². The molecule has 0 aliphatic heterocycles. The summed E-state index contributed by atoms with van der Waals surface area (Å²) in [4.78, 5) is 0. The molecule has 0 amide bonds. The molecule has 1 unspecified atom stereocenters. The number of hydrogen-bond acceptors (Lipinski definition) is 4. The molecule has 5 nitrogen and oxygen atoms in total. The van der Waals surface area contributed by atoms with Crippen molar-refractivity contribution in [1.29, 1.82) is 0 Å². The molecule has 1 heterocycles. The SMILES string of the molecule is COc1nnc(CC(C)N)n1C. The molecule has 0 spiro atoms. The van der Waals surface area contributed by atoms with Crippen molar-refractivity contribution in [2.24, 2.45) is 12.8 Å². The molecule has 0 aliphatic rings. The van der Waals surface area contributed by atoms with Crippen LogP contribution in [-0.2, 0) is 13.5 Å². The molecule has 0 aliphatic carbocycles. The molecule has 1 atom stereocenters. The van der Waals surface area contributed by atoms with Gasteiger partial charge in [0.15, 0.2) is 0 Å². The van der Waals surface area contributed by atoms with Crippen molar-refractivity contribution >= 4 is 0 Å². The topological polar surface area (TPSA) is 66.0 Å². The largest absolute Gasteiger partial charge is 0.467 e. The Morgan fingerprint density at radius 2 is 2.25 bits per heavy atom. The Bertz CT molecular complexity index is 256. The summed E-state index contributed by atoms with van der Waals surface area (Å²) in [5.41, 5.74) is 5.62. The lowest BCUT2D eigenvalue weighted by Crippen LogP contribution is -2.20. The zero-order valence-electron chi connectivity index (χ0n) is 7.61. The molecule has 5 heteroatoms. The highest BCUT2D eigenvalue weighted by Gasteiger charge is 2.09. The van der Waals surface area contributed by atoms with E-state index in [1.807, 2.05) is 14.0 Å². The van der Waals surface area contributed by atoms with Gasteiger partial charge in [-0.3, -0.25) is 4.57 Å². The van der Waals surface area contributed by atoms with Crippen LogP contribution in [0, 0.1) is 0 Å². The van der Waals surface area contributed by atoms with E-state index >= 15 is 0 Å². The molecule has 0 radical (unpaired) electrons. The summed E-state index contributed by atoms with van der Waals surface area (Å²) in [7, 11) is 3.43. The Kier molecular flexibility index (Phi) is 2.65. The van der Waals surface area contributed by atoms with E-state index in [1.165, 1.54) is 0 Å². The molecular formula is C7H14N4O. The maximum atomic E-state index is 5.62. The quantitative estimate of drug-likeness (QED) is 0.677. The van der Waals surface area contributed by atoms with Crippen molar-refractivity contribution in [2.75, 3.05) is 7.11 Å². The van der Waals surface area contributed by atoms with Crippen LogP contribution in [-0.4, -0.2) is 27.9 Å². The lowest BCUT2D eigenvalue weighted by Gasteiger charge is -2.04. The van der Waals surface area contributed by atoms with Gasteiger partial charge in [0, 0.05) is 19.5 Å². The fraction of sp³-hybridized carbons (Fsp3) is 0.714. The lowest BCUT2D eigenvalue weighted by atomic mass is 10.2. The van der Waals surface area contributed by atoms with Gasteiger partial charge in [0.1, 0.15) is 5.82 Å². The van der Waals surface area contributed by atoms with Crippen molar-refractivity contribution in [3.63, 3.8) is 0 Å². The van der Waals surface area contributed by atoms with E-state index in [0.717, 1.165) is 5.82 Å². The van der Waals surface area contributed by atoms with E-state index in [4.69, 9.17) is 10.5 Å². The third-order valence-electron chi connectivity index (χ3n) is 1.61. The number of hydrogen-bond donors (Lipinski definition) is 1. The predicted molar refractivity (Wildman–Crippen MR) is 44.9 cm³/mol. The Balaban J connectivity index is 2.80. The minimum absolute atomic E-state index is 0.0950. The summed E-state index contributed by atoms with van der Waals surface area (Å²) >= 11 is 0. The molecule has 1 aromatic rings. The monoisotopic (exact) mass is 170 g/mol. The van der Waals surface area contributed by atoms with E-state index in [0.29, 0.717) is 12.4 Å². The third kappa shape index (κ3) is 1.73. The van der Waals surface area contributed by atoms with Gasteiger partial charge in [0.25, 0.3) is 0 Å². The molecule has 12 heavy (non-hydrogen) atoms.